The van der Waals surface area contributed by atoms with Crippen molar-refractivity contribution in [2.45, 2.75) is 57.6 Å². The molecule has 1 unspecified atom stereocenters. The molecule has 110 valence electrons. The summed E-state index contributed by atoms with van der Waals surface area (Å²) in [6, 6.07) is 7.66. The lowest BCUT2D eigenvalue weighted by atomic mass is 10.2. The highest BCUT2D eigenvalue weighted by Gasteiger charge is 2.16. The summed E-state index contributed by atoms with van der Waals surface area (Å²) in [6.07, 6.45) is 6.34. The van der Waals surface area contributed by atoms with Gasteiger partial charge in [0.1, 0.15) is 5.75 Å². The average molecular weight is 276 g/mol. The second-order valence-corrected chi connectivity index (χ2v) is 5.61. The van der Waals surface area contributed by atoms with Crippen LogP contribution in [0.5, 0.6) is 5.75 Å². The second-order valence-electron chi connectivity index (χ2n) is 5.61. The number of anilines is 1. The van der Waals surface area contributed by atoms with Gasteiger partial charge in [-0.25, -0.2) is 0 Å². The fourth-order valence-corrected chi connectivity index (χ4v) is 2.40. The normalized spacial score (nSPS) is 16.9. The minimum absolute atomic E-state index is 0.00626. The third-order valence-corrected chi connectivity index (χ3v) is 3.57. The van der Waals surface area contributed by atoms with E-state index in [9.17, 15) is 4.79 Å². The number of ether oxygens (including phenoxy) is 1. The lowest BCUT2D eigenvalue weighted by Crippen LogP contribution is -2.19. The minimum atomic E-state index is 0.00626. The van der Waals surface area contributed by atoms with Gasteiger partial charge in [0, 0.05) is 18.2 Å². The highest BCUT2D eigenvalue weighted by molar-refractivity contribution is 5.90. The zero-order valence-corrected chi connectivity index (χ0v) is 12.1. The molecule has 1 atom stereocenters. The largest absolute Gasteiger partial charge is 0.490 e. The van der Waals surface area contributed by atoms with Crippen LogP contribution >= 0.6 is 0 Å². The molecule has 2 rings (SSSR count). The van der Waals surface area contributed by atoms with E-state index < -0.39 is 0 Å². The van der Waals surface area contributed by atoms with Crippen molar-refractivity contribution in [3.05, 3.63) is 24.3 Å². The third kappa shape index (κ3) is 4.85. The van der Waals surface area contributed by atoms with Gasteiger partial charge in [0.05, 0.1) is 6.10 Å². The first-order valence-electron chi connectivity index (χ1n) is 7.45. The molecule has 0 radical (unpaired) electrons. The topological polar surface area (TPSA) is 64.4 Å². The number of hydrogen-bond acceptors (Lipinski definition) is 3. The van der Waals surface area contributed by atoms with Crippen LogP contribution < -0.4 is 15.8 Å². The Labute approximate surface area is 120 Å². The smallest absolute Gasteiger partial charge is 0.224 e. The molecule has 0 aromatic heterocycles. The predicted octanol–water partition coefficient (Wildman–Crippen LogP) is 3.07. The number of benzene rings is 1. The maximum absolute atomic E-state index is 11.7. The number of carbonyl (C=O) groups excluding carboxylic acids is 1. The molecule has 20 heavy (non-hydrogen) atoms. The van der Waals surface area contributed by atoms with Crippen LogP contribution in [0, 0.1) is 0 Å². The molecule has 3 N–H and O–H groups in total. The van der Waals surface area contributed by atoms with E-state index in [0.717, 1.165) is 24.3 Å². The summed E-state index contributed by atoms with van der Waals surface area (Å²) in [4.78, 5) is 11.7. The summed E-state index contributed by atoms with van der Waals surface area (Å²) in [5, 5.41) is 2.87. The van der Waals surface area contributed by atoms with Crippen LogP contribution in [-0.2, 0) is 4.79 Å². The van der Waals surface area contributed by atoms with Gasteiger partial charge in [0.25, 0.3) is 0 Å². The van der Waals surface area contributed by atoms with Crippen molar-refractivity contribution >= 4 is 11.6 Å². The van der Waals surface area contributed by atoms with E-state index in [2.05, 4.69) is 5.32 Å². The van der Waals surface area contributed by atoms with E-state index in [1.807, 2.05) is 31.2 Å². The van der Waals surface area contributed by atoms with Crippen molar-refractivity contribution in [2.75, 3.05) is 5.32 Å². The average Bonchev–Trinajstić information content (AvgIpc) is 2.92. The summed E-state index contributed by atoms with van der Waals surface area (Å²) in [6.45, 7) is 1.91. The van der Waals surface area contributed by atoms with E-state index >= 15 is 0 Å². The van der Waals surface area contributed by atoms with E-state index in [-0.39, 0.29) is 11.9 Å². The van der Waals surface area contributed by atoms with Crippen LogP contribution in [0.1, 0.15) is 45.4 Å². The highest BCUT2D eigenvalue weighted by Crippen LogP contribution is 2.25. The Kier molecular flexibility index (Phi) is 5.41. The Morgan fingerprint density at radius 2 is 2.00 bits per heavy atom. The molecule has 0 heterocycles. The molecule has 1 saturated carbocycles. The summed E-state index contributed by atoms with van der Waals surface area (Å²) in [7, 11) is 0. The Hall–Kier alpha value is -1.55. The first kappa shape index (κ1) is 14.9. The van der Waals surface area contributed by atoms with E-state index in [1.165, 1.54) is 12.8 Å². The number of nitrogens with one attached hydrogen (secondary N) is 1. The Balaban J connectivity index is 1.80. The summed E-state index contributed by atoms with van der Waals surface area (Å²) in [5.74, 6) is 0.886. The van der Waals surface area contributed by atoms with Gasteiger partial charge < -0.3 is 15.8 Å². The molecule has 4 heteroatoms. The van der Waals surface area contributed by atoms with Crippen LogP contribution in [0.3, 0.4) is 0 Å². The Bertz CT molecular complexity index is 423. The standard InChI is InChI=1S/C16H24N2O2/c1-12(17)6-11-16(19)18-13-7-9-15(10-8-13)20-14-4-2-3-5-14/h7-10,12,14H,2-6,11,17H2,1H3,(H,18,19). The van der Waals surface area contributed by atoms with E-state index in [4.69, 9.17) is 10.5 Å². The highest BCUT2D eigenvalue weighted by atomic mass is 16.5. The predicted molar refractivity (Wildman–Crippen MR) is 80.8 cm³/mol. The molecule has 1 aliphatic rings. The second kappa shape index (κ2) is 7.29. The number of amides is 1. The van der Waals surface area contributed by atoms with Gasteiger partial charge in [-0.15, -0.1) is 0 Å². The number of hydrogen-bond donors (Lipinski definition) is 2. The summed E-state index contributed by atoms with van der Waals surface area (Å²) < 4.78 is 5.88. The zero-order valence-electron chi connectivity index (χ0n) is 12.1. The van der Waals surface area contributed by atoms with Gasteiger partial charge in [-0.05, 0) is 63.3 Å². The van der Waals surface area contributed by atoms with E-state index in [1.54, 1.807) is 0 Å². The third-order valence-electron chi connectivity index (χ3n) is 3.57. The maximum atomic E-state index is 11.7. The summed E-state index contributed by atoms with van der Waals surface area (Å²) >= 11 is 0. The molecule has 1 aromatic rings. The van der Waals surface area contributed by atoms with Crippen LogP contribution in [-0.4, -0.2) is 18.1 Å². The molecule has 0 saturated heterocycles. The van der Waals surface area contributed by atoms with Gasteiger partial charge in [-0.2, -0.15) is 0 Å². The molecule has 4 nitrogen and oxygen atoms in total. The van der Waals surface area contributed by atoms with Gasteiger partial charge in [-0.3, -0.25) is 4.79 Å². The Morgan fingerprint density at radius 1 is 1.35 bits per heavy atom. The lowest BCUT2D eigenvalue weighted by Gasteiger charge is -2.13. The van der Waals surface area contributed by atoms with Crippen LogP contribution in [0.25, 0.3) is 0 Å². The lowest BCUT2D eigenvalue weighted by molar-refractivity contribution is -0.116. The van der Waals surface area contributed by atoms with Crippen molar-refractivity contribution < 1.29 is 9.53 Å². The first-order valence-corrected chi connectivity index (χ1v) is 7.45. The number of rotatable bonds is 6. The van der Waals surface area contributed by atoms with Crippen molar-refractivity contribution in [1.29, 1.82) is 0 Å². The van der Waals surface area contributed by atoms with Gasteiger partial charge in [0.15, 0.2) is 0 Å². The van der Waals surface area contributed by atoms with Gasteiger partial charge in [0.2, 0.25) is 5.91 Å². The van der Waals surface area contributed by atoms with E-state index in [0.29, 0.717) is 18.9 Å². The van der Waals surface area contributed by atoms with Gasteiger partial charge in [-0.1, -0.05) is 0 Å². The fourth-order valence-electron chi connectivity index (χ4n) is 2.40. The molecule has 1 amide bonds. The Morgan fingerprint density at radius 3 is 2.60 bits per heavy atom. The summed E-state index contributed by atoms with van der Waals surface area (Å²) in [5.41, 5.74) is 6.44. The molecule has 1 fully saturated rings. The van der Waals surface area contributed by atoms with Crippen LogP contribution in [0.15, 0.2) is 24.3 Å². The van der Waals surface area contributed by atoms with Crippen LogP contribution in [0.4, 0.5) is 5.69 Å². The SMILES string of the molecule is CC(N)CCC(=O)Nc1ccc(OC2CCCC2)cc1. The van der Waals surface area contributed by atoms with Crippen molar-refractivity contribution in [3.8, 4) is 5.75 Å². The zero-order chi connectivity index (χ0) is 14.4. The molecule has 1 aromatic carbocycles. The maximum Gasteiger partial charge on any atom is 0.224 e. The first-order chi connectivity index (χ1) is 9.63. The molecular formula is C16H24N2O2. The molecule has 0 bridgehead atoms. The van der Waals surface area contributed by atoms with Gasteiger partial charge >= 0.3 is 0 Å². The monoisotopic (exact) mass is 276 g/mol. The fraction of sp³-hybridized carbons (Fsp3) is 0.562. The van der Waals surface area contributed by atoms with Crippen LogP contribution in [0.2, 0.25) is 0 Å². The van der Waals surface area contributed by atoms with Crippen molar-refractivity contribution in [1.82, 2.24) is 0 Å². The van der Waals surface area contributed by atoms with Crippen molar-refractivity contribution in [2.24, 2.45) is 5.73 Å². The molecule has 0 aliphatic heterocycles. The molecular weight excluding hydrogens is 252 g/mol. The van der Waals surface area contributed by atoms with Crippen molar-refractivity contribution in [3.63, 3.8) is 0 Å². The minimum Gasteiger partial charge on any atom is -0.490 e. The molecule has 1 aliphatic carbocycles. The molecule has 0 spiro atoms. The number of nitrogens with two attached hydrogens (primary N) is 1. The number of carbonyl (C=O) groups is 1. The quantitative estimate of drug-likeness (QED) is 0.839.